The molecule has 0 unspecified atom stereocenters. The number of aliphatic hydroxyl groups is 1. The molecule has 0 bridgehead atoms. The van der Waals surface area contributed by atoms with Gasteiger partial charge in [-0.25, -0.2) is 4.39 Å². The Morgan fingerprint density at radius 2 is 1.81 bits per heavy atom. The SMILES string of the molecule is O[C@]12CCCC[C@H]1[C@@H](c1ccc(F)cc1)N(C/C=C/c1ccccc1)CC2. The van der Waals surface area contributed by atoms with E-state index >= 15 is 0 Å². The lowest BCUT2D eigenvalue weighted by Crippen LogP contribution is -2.54. The molecule has 2 nitrogen and oxygen atoms in total. The molecule has 0 radical (unpaired) electrons. The quantitative estimate of drug-likeness (QED) is 0.804. The summed E-state index contributed by atoms with van der Waals surface area (Å²) in [5.74, 6) is 0.0135. The third-order valence-electron chi connectivity index (χ3n) is 6.33. The van der Waals surface area contributed by atoms with Crippen molar-refractivity contribution >= 4 is 6.08 Å². The van der Waals surface area contributed by atoms with Crippen molar-refractivity contribution < 1.29 is 9.50 Å². The molecule has 0 spiro atoms. The van der Waals surface area contributed by atoms with E-state index in [-0.39, 0.29) is 17.8 Å². The Morgan fingerprint density at radius 1 is 1.04 bits per heavy atom. The predicted molar refractivity (Wildman–Crippen MR) is 108 cm³/mol. The Hall–Kier alpha value is -1.97. The second kappa shape index (κ2) is 7.95. The average Bonchev–Trinajstić information content (AvgIpc) is 2.69. The Balaban J connectivity index is 1.58. The van der Waals surface area contributed by atoms with Crippen LogP contribution in [0.1, 0.15) is 49.3 Å². The van der Waals surface area contributed by atoms with Gasteiger partial charge in [-0.05, 0) is 42.5 Å². The molecule has 2 fully saturated rings. The summed E-state index contributed by atoms with van der Waals surface area (Å²) in [6.45, 7) is 1.71. The molecule has 2 aromatic carbocycles. The Morgan fingerprint density at radius 3 is 2.59 bits per heavy atom. The van der Waals surface area contributed by atoms with E-state index in [0.29, 0.717) is 0 Å². The number of piperidine rings is 1. The molecule has 1 heterocycles. The first-order chi connectivity index (χ1) is 13.2. The minimum Gasteiger partial charge on any atom is -0.389 e. The fraction of sp³-hybridized carbons (Fsp3) is 0.417. The summed E-state index contributed by atoms with van der Waals surface area (Å²) in [6, 6.07) is 17.3. The number of likely N-dealkylation sites (tertiary alicyclic amines) is 1. The van der Waals surface area contributed by atoms with E-state index in [1.165, 1.54) is 12.0 Å². The van der Waals surface area contributed by atoms with Crippen molar-refractivity contribution in [1.82, 2.24) is 4.90 Å². The highest BCUT2D eigenvalue weighted by Gasteiger charge is 2.48. The normalized spacial score (nSPS) is 29.0. The van der Waals surface area contributed by atoms with Crippen molar-refractivity contribution in [2.24, 2.45) is 5.92 Å². The lowest BCUT2D eigenvalue weighted by molar-refractivity contribution is -0.122. The minimum atomic E-state index is -0.572. The number of halogens is 1. The molecular formula is C24H28FNO. The van der Waals surface area contributed by atoms with Crippen molar-refractivity contribution in [3.05, 3.63) is 77.6 Å². The number of hydrogen-bond acceptors (Lipinski definition) is 2. The molecule has 2 aromatic rings. The molecule has 1 saturated carbocycles. The van der Waals surface area contributed by atoms with E-state index in [4.69, 9.17) is 0 Å². The molecule has 0 aromatic heterocycles. The van der Waals surface area contributed by atoms with Crippen molar-refractivity contribution in [2.75, 3.05) is 13.1 Å². The molecule has 3 heteroatoms. The second-order valence-corrected chi connectivity index (χ2v) is 8.01. The van der Waals surface area contributed by atoms with Gasteiger partial charge >= 0.3 is 0 Å². The maximum Gasteiger partial charge on any atom is 0.123 e. The van der Waals surface area contributed by atoms with Crippen molar-refractivity contribution in [3.63, 3.8) is 0 Å². The summed E-state index contributed by atoms with van der Waals surface area (Å²) in [5, 5.41) is 11.3. The van der Waals surface area contributed by atoms with Crippen LogP contribution in [0.4, 0.5) is 4.39 Å². The standard InChI is InChI=1S/C24H28FNO/c25-21-13-11-20(12-14-21)23-22-10-4-5-15-24(22,27)16-18-26(23)17-6-9-19-7-2-1-3-8-19/h1-3,6-9,11-14,22-23,27H,4-5,10,15-18H2/b9-6+/t22-,23+,24-/m0/s1. The van der Waals surface area contributed by atoms with Gasteiger partial charge in [0.2, 0.25) is 0 Å². The third-order valence-corrected chi connectivity index (χ3v) is 6.33. The van der Waals surface area contributed by atoms with Crippen LogP contribution < -0.4 is 0 Å². The zero-order chi connectivity index (χ0) is 18.7. The first-order valence-electron chi connectivity index (χ1n) is 10.1. The highest BCUT2D eigenvalue weighted by molar-refractivity contribution is 5.48. The van der Waals surface area contributed by atoms with E-state index in [9.17, 15) is 9.50 Å². The van der Waals surface area contributed by atoms with Gasteiger partial charge in [-0.2, -0.15) is 0 Å². The second-order valence-electron chi connectivity index (χ2n) is 8.01. The maximum absolute atomic E-state index is 13.5. The van der Waals surface area contributed by atoms with E-state index in [1.54, 1.807) is 12.1 Å². The molecule has 1 saturated heterocycles. The lowest BCUT2D eigenvalue weighted by Gasteiger charge is -2.52. The van der Waals surface area contributed by atoms with Crippen LogP contribution >= 0.6 is 0 Å². The average molecular weight is 365 g/mol. The van der Waals surface area contributed by atoms with E-state index in [1.807, 2.05) is 30.3 Å². The molecule has 27 heavy (non-hydrogen) atoms. The molecule has 4 rings (SSSR count). The van der Waals surface area contributed by atoms with Gasteiger partial charge in [0.25, 0.3) is 0 Å². The molecule has 0 amide bonds. The topological polar surface area (TPSA) is 23.5 Å². The fourth-order valence-corrected chi connectivity index (χ4v) is 4.94. The summed E-state index contributed by atoms with van der Waals surface area (Å²) in [4.78, 5) is 2.46. The zero-order valence-corrected chi connectivity index (χ0v) is 15.7. The highest BCUT2D eigenvalue weighted by atomic mass is 19.1. The first-order valence-corrected chi connectivity index (χ1v) is 10.1. The summed E-state index contributed by atoms with van der Waals surface area (Å²) in [6.07, 6.45) is 9.40. The van der Waals surface area contributed by atoms with Gasteiger partial charge in [0.15, 0.2) is 0 Å². The molecular weight excluding hydrogens is 337 g/mol. The van der Waals surface area contributed by atoms with Gasteiger partial charge in [-0.15, -0.1) is 0 Å². The number of benzene rings is 2. The van der Waals surface area contributed by atoms with Gasteiger partial charge in [-0.1, -0.05) is 67.5 Å². The van der Waals surface area contributed by atoms with Gasteiger partial charge in [-0.3, -0.25) is 4.90 Å². The number of fused-ring (bicyclic) bond motifs is 1. The Kier molecular flexibility index (Phi) is 5.42. The molecule has 1 N–H and O–H groups in total. The number of rotatable bonds is 4. The Labute approximate surface area is 161 Å². The largest absolute Gasteiger partial charge is 0.389 e. The van der Waals surface area contributed by atoms with Gasteiger partial charge in [0.05, 0.1) is 5.60 Å². The van der Waals surface area contributed by atoms with Crippen molar-refractivity contribution in [3.8, 4) is 0 Å². The van der Waals surface area contributed by atoms with Crippen LogP contribution in [0.3, 0.4) is 0 Å². The Bertz CT molecular complexity index is 773. The summed E-state index contributed by atoms with van der Waals surface area (Å²) in [5.41, 5.74) is 1.74. The molecule has 2 aliphatic rings. The third kappa shape index (κ3) is 3.99. The van der Waals surface area contributed by atoms with Crippen LogP contribution in [0, 0.1) is 11.7 Å². The maximum atomic E-state index is 13.5. The summed E-state index contributed by atoms with van der Waals surface area (Å²) in [7, 11) is 0. The monoisotopic (exact) mass is 365 g/mol. The van der Waals surface area contributed by atoms with E-state index in [0.717, 1.165) is 44.3 Å². The van der Waals surface area contributed by atoms with Crippen molar-refractivity contribution in [2.45, 2.75) is 43.7 Å². The minimum absolute atomic E-state index is 0.144. The lowest BCUT2D eigenvalue weighted by atomic mass is 9.66. The van der Waals surface area contributed by atoms with Crippen molar-refractivity contribution in [1.29, 1.82) is 0 Å². The van der Waals surface area contributed by atoms with Gasteiger partial charge < -0.3 is 5.11 Å². The van der Waals surface area contributed by atoms with Crippen LogP contribution in [0.25, 0.3) is 6.08 Å². The molecule has 3 atom stereocenters. The summed E-state index contributed by atoms with van der Waals surface area (Å²) < 4.78 is 13.5. The predicted octanol–water partition coefficient (Wildman–Crippen LogP) is 5.21. The van der Waals surface area contributed by atoms with Crippen LogP contribution in [0.5, 0.6) is 0 Å². The van der Waals surface area contributed by atoms with Crippen LogP contribution in [-0.2, 0) is 0 Å². The molecule has 1 aliphatic heterocycles. The van der Waals surface area contributed by atoms with Gasteiger partial charge in [0, 0.05) is 25.0 Å². The van der Waals surface area contributed by atoms with Gasteiger partial charge in [0.1, 0.15) is 5.82 Å². The zero-order valence-electron chi connectivity index (χ0n) is 15.7. The molecule has 142 valence electrons. The fourth-order valence-electron chi connectivity index (χ4n) is 4.94. The first kappa shape index (κ1) is 18.4. The van der Waals surface area contributed by atoms with Crippen LogP contribution in [-0.4, -0.2) is 28.7 Å². The van der Waals surface area contributed by atoms with E-state index < -0.39 is 5.60 Å². The summed E-state index contributed by atoms with van der Waals surface area (Å²) >= 11 is 0. The highest BCUT2D eigenvalue weighted by Crippen LogP contribution is 2.49. The van der Waals surface area contributed by atoms with Crippen LogP contribution in [0.15, 0.2) is 60.7 Å². The smallest absolute Gasteiger partial charge is 0.123 e. The van der Waals surface area contributed by atoms with Crippen LogP contribution in [0.2, 0.25) is 0 Å². The van der Waals surface area contributed by atoms with E-state index in [2.05, 4.69) is 29.2 Å². The molecule has 1 aliphatic carbocycles. The number of nitrogens with zero attached hydrogens (tertiary/aromatic N) is 1. The number of hydrogen-bond donors (Lipinski definition) is 1.